The Bertz CT molecular complexity index is 3460. The highest BCUT2D eigenvalue weighted by Crippen LogP contribution is 2.47. The molecule has 404 valence electrons. The fourth-order valence-electron chi connectivity index (χ4n) is 11.1. The van der Waals surface area contributed by atoms with E-state index < -0.39 is 17.0 Å². The number of hydrogen-bond donors (Lipinski definition) is 2. The van der Waals surface area contributed by atoms with Crippen molar-refractivity contribution in [3.8, 4) is 23.8 Å². The van der Waals surface area contributed by atoms with E-state index in [0.717, 1.165) is 135 Å². The molecule has 0 saturated carbocycles. The molecule has 2 N–H and O–H groups in total. The van der Waals surface area contributed by atoms with Crippen molar-refractivity contribution < 1.29 is 42.7 Å². The summed E-state index contributed by atoms with van der Waals surface area (Å²) in [6.07, 6.45) is 9.77. The number of aliphatic hydroxyl groups is 1. The van der Waals surface area contributed by atoms with E-state index >= 15 is 0 Å². The fraction of sp³-hybridized carbons (Fsp3) is 0.273. The van der Waals surface area contributed by atoms with E-state index in [2.05, 4.69) is 98.3 Å². The van der Waals surface area contributed by atoms with Crippen molar-refractivity contribution in [3.05, 3.63) is 209 Å². The van der Waals surface area contributed by atoms with E-state index in [1.807, 2.05) is 42.5 Å². The molecule has 2 atom stereocenters. The van der Waals surface area contributed by atoms with Crippen LogP contribution in [0, 0.1) is 24.0 Å². The number of nitrogens with zero attached hydrogens (tertiary/aromatic N) is 4. The van der Waals surface area contributed by atoms with Gasteiger partial charge in [0.1, 0.15) is 23.1 Å². The van der Waals surface area contributed by atoms with Gasteiger partial charge in [0, 0.05) is 126 Å². The first-order valence-corrected chi connectivity index (χ1v) is 27.1. The molecule has 0 amide bonds. The molecule has 0 aliphatic carbocycles. The second kappa shape index (κ2) is 24.0. The Hall–Kier alpha value is -7.96. The third-order valence-electron chi connectivity index (χ3n) is 15.3. The lowest BCUT2D eigenvalue weighted by Crippen LogP contribution is -2.37. The van der Waals surface area contributed by atoms with Gasteiger partial charge in [0.25, 0.3) is 0 Å². The molecular weight excluding hydrogens is 999 g/mol. The number of terminal acetylenes is 1. The van der Waals surface area contributed by atoms with Crippen LogP contribution in [-0.2, 0) is 30.1 Å². The van der Waals surface area contributed by atoms with Gasteiger partial charge in [0.05, 0.1) is 52.9 Å². The Kier molecular flexibility index (Phi) is 16.1. The Morgan fingerprint density at radius 3 is 1.56 bits per heavy atom. The third-order valence-corrected chi connectivity index (χ3v) is 15.3. The molecule has 0 bridgehead atoms. The highest BCUT2D eigenvalue weighted by atomic mass is 19.1. The summed E-state index contributed by atoms with van der Waals surface area (Å²) in [7, 11) is 0. The predicted molar refractivity (Wildman–Crippen MR) is 310 cm³/mol. The average molecular weight is 1060 g/mol. The molecule has 0 aromatic heterocycles. The van der Waals surface area contributed by atoms with Gasteiger partial charge in [-0.25, -0.2) is 8.78 Å². The normalized spacial score (nSPS) is 19.0. The van der Waals surface area contributed by atoms with Gasteiger partial charge < -0.3 is 53.5 Å². The van der Waals surface area contributed by atoms with Crippen LogP contribution in [0.2, 0.25) is 0 Å². The van der Waals surface area contributed by atoms with Gasteiger partial charge in [0.2, 0.25) is 0 Å². The van der Waals surface area contributed by atoms with E-state index in [0.29, 0.717) is 43.3 Å². The maximum absolute atomic E-state index is 14.6. The number of rotatable bonds is 8. The number of halogens is 2. The van der Waals surface area contributed by atoms with Crippen molar-refractivity contribution in [1.29, 1.82) is 0 Å². The predicted octanol–water partition coefficient (Wildman–Crippen LogP) is 10.9. The second-order valence-electron chi connectivity index (χ2n) is 20.1. The Morgan fingerprint density at radius 1 is 0.481 bits per heavy atom. The molecule has 79 heavy (non-hydrogen) atoms. The number of fused-ring (bicyclic) bond motifs is 4. The maximum Gasteiger partial charge on any atom is 0.178 e. The highest BCUT2D eigenvalue weighted by molar-refractivity contribution is 6.02. The zero-order valence-corrected chi connectivity index (χ0v) is 44.1. The molecule has 4 saturated heterocycles. The minimum Gasteiger partial charge on any atom is -0.508 e. The summed E-state index contributed by atoms with van der Waals surface area (Å²) in [4.78, 5) is 9.18. The van der Waals surface area contributed by atoms with Gasteiger partial charge in [-0.2, -0.15) is 0 Å². The van der Waals surface area contributed by atoms with Crippen LogP contribution >= 0.6 is 0 Å². The zero-order chi connectivity index (χ0) is 54.2. The van der Waals surface area contributed by atoms with Crippen LogP contribution in [0.25, 0.3) is 27.6 Å². The van der Waals surface area contributed by atoms with Crippen LogP contribution in [0.15, 0.2) is 170 Å². The zero-order valence-electron chi connectivity index (χ0n) is 44.1. The third kappa shape index (κ3) is 11.5. The molecule has 5 aliphatic heterocycles. The number of hydrogen-bond acceptors (Lipinski definition) is 11. The monoisotopic (exact) mass is 1060 g/mol. The summed E-state index contributed by atoms with van der Waals surface area (Å²) in [6.45, 7) is 12.6. The number of aromatic hydroxyl groups is 1. The lowest BCUT2D eigenvalue weighted by molar-refractivity contribution is 0.122. The molecule has 11 nitrogen and oxygen atoms in total. The summed E-state index contributed by atoms with van der Waals surface area (Å²) in [6, 6.07) is 50.8. The van der Waals surface area contributed by atoms with Gasteiger partial charge >= 0.3 is 0 Å². The molecule has 13 heteroatoms. The molecule has 8 aromatic rings. The summed E-state index contributed by atoms with van der Waals surface area (Å²) in [5, 5.41) is 25.2. The quantitative estimate of drug-likeness (QED) is 0.142. The second-order valence-corrected chi connectivity index (χ2v) is 20.1. The number of morpholine rings is 4. The molecule has 13 rings (SSSR count). The molecule has 0 radical (unpaired) electrons. The number of phenols is 1. The first kappa shape index (κ1) is 53.1. The van der Waals surface area contributed by atoms with Gasteiger partial charge in [-0.3, -0.25) is 0 Å². The van der Waals surface area contributed by atoms with Gasteiger partial charge in [-0.05, 0) is 77.5 Å². The Balaban J connectivity index is 0.000000139. The number of phenolic OH excluding ortho intramolecular Hbond substituents is 1. The van der Waals surface area contributed by atoms with E-state index in [4.69, 9.17) is 30.1 Å². The number of anilines is 4. The summed E-state index contributed by atoms with van der Waals surface area (Å²) in [5.41, 5.74) is 5.46. The molecule has 2 unspecified atom stereocenters. The van der Waals surface area contributed by atoms with Crippen LogP contribution in [-0.4, -0.2) is 115 Å². The van der Waals surface area contributed by atoms with Crippen LogP contribution < -0.4 is 24.3 Å². The van der Waals surface area contributed by atoms with Crippen LogP contribution in [0.1, 0.15) is 27.8 Å². The fourth-order valence-corrected chi connectivity index (χ4v) is 11.1. The minimum absolute atomic E-state index is 0.285. The van der Waals surface area contributed by atoms with E-state index in [-0.39, 0.29) is 5.82 Å². The minimum atomic E-state index is -1.65. The molecule has 0 spiro atoms. The summed E-state index contributed by atoms with van der Waals surface area (Å²) >= 11 is 0. The number of benzene rings is 8. The van der Waals surface area contributed by atoms with Gasteiger partial charge in [-0.15, -0.1) is 6.42 Å². The van der Waals surface area contributed by atoms with Crippen molar-refractivity contribution in [2.45, 2.75) is 11.2 Å². The van der Waals surface area contributed by atoms with Crippen LogP contribution in [0.3, 0.4) is 0 Å². The van der Waals surface area contributed by atoms with E-state index in [1.54, 1.807) is 36.4 Å². The summed E-state index contributed by atoms with van der Waals surface area (Å²) in [5.74, 6) is 2.79. The van der Waals surface area contributed by atoms with Gasteiger partial charge in [-0.1, -0.05) is 103 Å². The molecule has 4 fully saturated rings. The van der Waals surface area contributed by atoms with Crippen molar-refractivity contribution in [2.24, 2.45) is 0 Å². The number of ether oxygens (including phenoxy) is 5. The molecule has 8 aromatic carbocycles. The van der Waals surface area contributed by atoms with Crippen LogP contribution in [0.5, 0.6) is 11.5 Å². The first-order valence-electron chi connectivity index (χ1n) is 27.1. The Morgan fingerprint density at radius 2 is 0.987 bits per heavy atom. The summed E-state index contributed by atoms with van der Waals surface area (Å²) < 4.78 is 57.0. The SMILES string of the molecule is C#CC(O)(c1ccc(N2CCOCC2)cc1)c1cccc(F)c1.Fc1cccc(C2(c3ccc(N4CCOCC4)cc3)C=Cc3c(cc(N4CCOCC4)c4ccccc34)O2)c1.Oc1cc(N2CCOCC2)c2ccccc2c1. The molecular formula is C66H64F2N4O7. The standard InChI is InChI=1S/C33H31FN2O3.C19H18FNO2.C14H15NO2/c34-26-5-3-4-25(22-26)33(24-8-10-27(11-9-24)35-14-18-37-19-15-35)13-12-30-28-6-1-2-7-29(28)31(23-32(30)39-33)36-16-20-38-21-17-36;1-2-19(22,16-4-3-5-17(20)14-16)15-6-8-18(9-7-15)21-10-12-23-13-11-21;16-12-9-11-3-1-2-4-13(11)14(10-12)15-5-7-17-8-6-15/h1-13,22-23H,14-21H2;1,3-9,14,22H,10-13H2;1-4,9-10,16H,5-8H2. The van der Waals surface area contributed by atoms with Crippen LogP contribution in [0.4, 0.5) is 31.5 Å². The van der Waals surface area contributed by atoms with E-state index in [9.17, 15) is 19.0 Å². The Labute approximate surface area is 460 Å². The maximum atomic E-state index is 14.6. The highest BCUT2D eigenvalue weighted by Gasteiger charge is 2.39. The van der Waals surface area contributed by atoms with Crippen molar-refractivity contribution >= 4 is 50.4 Å². The topological polar surface area (TPSA) is 99.6 Å². The molecule has 5 aliphatic rings. The average Bonchev–Trinajstić information content (AvgIpc) is 3.54. The van der Waals surface area contributed by atoms with Crippen molar-refractivity contribution in [2.75, 3.05) is 125 Å². The lowest BCUT2D eigenvalue weighted by Gasteiger charge is -2.38. The largest absolute Gasteiger partial charge is 0.508 e. The smallest absolute Gasteiger partial charge is 0.178 e. The van der Waals surface area contributed by atoms with Crippen molar-refractivity contribution in [3.63, 3.8) is 0 Å². The lowest BCUT2D eigenvalue weighted by atomic mass is 9.83. The van der Waals surface area contributed by atoms with E-state index in [1.165, 1.54) is 35.0 Å². The van der Waals surface area contributed by atoms with Gasteiger partial charge in [0.15, 0.2) is 11.2 Å². The van der Waals surface area contributed by atoms with Crippen molar-refractivity contribution in [1.82, 2.24) is 0 Å². The molecule has 5 heterocycles. The first-order chi connectivity index (χ1) is 38.7.